The van der Waals surface area contributed by atoms with Gasteiger partial charge in [0.05, 0.1) is 18.6 Å². The first-order valence-electron chi connectivity index (χ1n) is 9.35. The smallest absolute Gasteiger partial charge is 0.173 e. The summed E-state index contributed by atoms with van der Waals surface area (Å²) in [6, 6.07) is 25.2. The molecule has 0 fully saturated rings. The number of ether oxygens (including phenoxy) is 1. The van der Waals surface area contributed by atoms with E-state index >= 15 is 0 Å². The monoisotopic (exact) mass is 478 g/mol. The SMILES string of the molecule is COc1ccc(-n2cc(-c3ccc(Br)cc3)nc2SCC(=O)c2ccccc2)cc1. The van der Waals surface area contributed by atoms with Gasteiger partial charge in [-0.3, -0.25) is 9.36 Å². The van der Waals surface area contributed by atoms with E-state index in [4.69, 9.17) is 9.72 Å². The van der Waals surface area contributed by atoms with Crippen molar-refractivity contribution in [3.63, 3.8) is 0 Å². The van der Waals surface area contributed by atoms with Gasteiger partial charge in [-0.2, -0.15) is 0 Å². The van der Waals surface area contributed by atoms with E-state index in [1.807, 2.05) is 89.6 Å². The van der Waals surface area contributed by atoms with Gasteiger partial charge >= 0.3 is 0 Å². The van der Waals surface area contributed by atoms with E-state index in [0.29, 0.717) is 11.3 Å². The zero-order valence-electron chi connectivity index (χ0n) is 16.3. The van der Waals surface area contributed by atoms with Crippen molar-refractivity contribution < 1.29 is 9.53 Å². The number of nitrogens with zero attached hydrogens (tertiary/aromatic N) is 2. The van der Waals surface area contributed by atoms with Crippen LogP contribution in [-0.4, -0.2) is 28.2 Å². The lowest BCUT2D eigenvalue weighted by molar-refractivity contribution is 0.102. The molecule has 0 atom stereocenters. The quantitative estimate of drug-likeness (QED) is 0.231. The second-order valence-corrected chi connectivity index (χ2v) is 8.42. The van der Waals surface area contributed by atoms with E-state index < -0.39 is 0 Å². The van der Waals surface area contributed by atoms with Crippen LogP contribution in [0.5, 0.6) is 5.75 Å². The number of ketones is 1. The van der Waals surface area contributed by atoms with Crippen LogP contribution in [0.4, 0.5) is 0 Å². The van der Waals surface area contributed by atoms with Gasteiger partial charge in [-0.25, -0.2) is 4.98 Å². The summed E-state index contributed by atoms with van der Waals surface area (Å²) in [5, 5.41) is 0.766. The lowest BCUT2D eigenvalue weighted by Crippen LogP contribution is -2.03. The van der Waals surface area contributed by atoms with E-state index in [1.165, 1.54) is 11.8 Å². The summed E-state index contributed by atoms with van der Waals surface area (Å²) < 4.78 is 8.30. The van der Waals surface area contributed by atoms with E-state index in [0.717, 1.165) is 32.3 Å². The Kier molecular flexibility index (Phi) is 6.35. The molecule has 0 N–H and O–H groups in total. The maximum Gasteiger partial charge on any atom is 0.173 e. The average molecular weight is 479 g/mol. The molecule has 4 rings (SSSR count). The van der Waals surface area contributed by atoms with E-state index in [-0.39, 0.29) is 5.78 Å². The minimum Gasteiger partial charge on any atom is -0.497 e. The van der Waals surface area contributed by atoms with E-state index in [2.05, 4.69) is 15.9 Å². The molecular weight excluding hydrogens is 460 g/mol. The van der Waals surface area contributed by atoms with Crippen LogP contribution in [0.25, 0.3) is 16.9 Å². The van der Waals surface area contributed by atoms with E-state index in [1.54, 1.807) is 7.11 Å². The van der Waals surface area contributed by atoms with Crippen LogP contribution >= 0.6 is 27.7 Å². The lowest BCUT2D eigenvalue weighted by Gasteiger charge is -2.08. The van der Waals surface area contributed by atoms with Crippen molar-refractivity contribution in [3.8, 4) is 22.7 Å². The molecule has 0 bridgehead atoms. The summed E-state index contributed by atoms with van der Waals surface area (Å²) in [7, 11) is 1.65. The van der Waals surface area contributed by atoms with Gasteiger partial charge in [0.25, 0.3) is 0 Å². The fourth-order valence-electron chi connectivity index (χ4n) is 2.99. The summed E-state index contributed by atoms with van der Waals surface area (Å²) >= 11 is 4.91. The summed E-state index contributed by atoms with van der Waals surface area (Å²) in [5.74, 6) is 1.19. The van der Waals surface area contributed by atoms with Crippen LogP contribution in [0.2, 0.25) is 0 Å². The number of aromatic nitrogens is 2. The number of hydrogen-bond acceptors (Lipinski definition) is 4. The Morgan fingerprint density at radius 1 is 1.00 bits per heavy atom. The molecule has 4 aromatic rings. The zero-order chi connectivity index (χ0) is 20.9. The molecule has 6 heteroatoms. The van der Waals surface area contributed by atoms with Crippen molar-refractivity contribution in [3.05, 3.63) is 95.1 Å². The Morgan fingerprint density at radius 3 is 2.37 bits per heavy atom. The summed E-state index contributed by atoms with van der Waals surface area (Å²) in [6.45, 7) is 0. The molecule has 0 radical (unpaired) electrons. The van der Waals surface area contributed by atoms with Crippen LogP contribution in [0.15, 0.2) is 94.7 Å². The number of carbonyl (C=O) groups is 1. The summed E-state index contributed by atoms with van der Waals surface area (Å²) in [6.07, 6.45) is 2.00. The van der Waals surface area contributed by atoms with Gasteiger partial charge in [-0.1, -0.05) is 70.2 Å². The average Bonchev–Trinajstić information content (AvgIpc) is 3.23. The Balaban J connectivity index is 1.65. The molecule has 3 aromatic carbocycles. The lowest BCUT2D eigenvalue weighted by atomic mass is 10.2. The van der Waals surface area contributed by atoms with Crippen LogP contribution < -0.4 is 4.74 Å². The van der Waals surface area contributed by atoms with Crippen LogP contribution in [0, 0.1) is 0 Å². The topological polar surface area (TPSA) is 44.1 Å². The van der Waals surface area contributed by atoms with Gasteiger partial charge in [-0.05, 0) is 36.4 Å². The van der Waals surface area contributed by atoms with Crippen molar-refractivity contribution in [2.45, 2.75) is 5.16 Å². The van der Waals surface area contributed by atoms with Gasteiger partial charge in [0.1, 0.15) is 5.75 Å². The highest BCUT2D eigenvalue weighted by atomic mass is 79.9. The third-order valence-corrected chi connectivity index (χ3v) is 6.07. The van der Waals surface area contributed by atoms with Crippen LogP contribution in [0.3, 0.4) is 0 Å². The van der Waals surface area contributed by atoms with Crippen molar-refractivity contribution in [1.29, 1.82) is 0 Å². The number of carbonyl (C=O) groups excluding carboxylic acids is 1. The number of Topliss-reactive ketones (excluding diaryl/α,β-unsaturated/α-hetero) is 1. The van der Waals surface area contributed by atoms with Crippen molar-refractivity contribution >= 4 is 33.5 Å². The number of hydrogen-bond donors (Lipinski definition) is 0. The van der Waals surface area contributed by atoms with Gasteiger partial charge in [-0.15, -0.1) is 0 Å². The number of halogens is 1. The fourth-order valence-corrected chi connectivity index (χ4v) is 4.14. The van der Waals surface area contributed by atoms with Crippen LogP contribution in [0.1, 0.15) is 10.4 Å². The van der Waals surface area contributed by atoms with Gasteiger partial charge < -0.3 is 4.74 Å². The first kappa shape index (κ1) is 20.4. The summed E-state index contributed by atoms with van der Waals surface area (Å²) in [4.78, 5) is 17.4. The Morgan fingerprint density at radius 2 is 1.70 bits per heavy atom. The van der Waals surface area contributed by atoms with Crippen molar-refractivity contribution in [2.75, 3.05) is 12.9 Å². The molecule has 0 saturated carbocycles. The van der Waals surface area contributed by atoms with Gasteiger partial charge in [0.2, 0.25) is 0 Å². The number of methoxy groups -OCH3 is 1. The molecule has 4 nitrogen and oxygen atoms in total. The maximum atomic E-state index is 12.6. The maximum absolute atomic E-state index is 12.6. The first-order valence-corrected chi connectivity index (χ1v) is 11.1. The fraction of sp³-hybridized carbons (Fsp3) is 0.0833. The molecular formula is C24H19BrN2O2S. The number of thioether (sulfide) groups is 1. The minimum absolute atomic E-state index is 0.0788. The van der Waals surface area contributed by atoms with Gasteiger partial charge in [0.15, 0.2) is 10.9 Å². The molecule has 0 amide bonds. The first-order chi connectivity index (χ1) is 14.6. The van der Waals surface area contributed by atoms with Gasteiger partial charge in [0, 0.05) is 27.5 Å². The van der Waals surface area contributed by atoms with Crippen molar-refractivity contribution in [1.82, 2.24) is 9.55 Å². The molecule has 1 heterocycles. The highest BCUT2D eigenvalue weighted by Crippen LogP contribution is 2.29. The van der Waals surface area contributed by atoms with E-state index in [9.17, 15) is 4.79 Å². The largest absolute Gasteiger partial charge is 0.497 e. The second kappa shape index (κ2) is 9.32. The predicted molar refractivity (Wildman–Crippen MR) is 125 cm³/mol. The molecule has 1 aromatic heterocycles. The number of imidazole rings is 1. The Labute approximate surface area is 188 Å². The molecule has 0 aliphatic heterocycles. The minimum atomic E-state index is 0.0788. The molecule has 0 aliphatic carbocycles. The van der Waals surface area contributed by atoms with Crippen LogP contribution in [-0.2, 0) is 0 Å². The third-order valence-electron chi connectivity index (χ3n) is 4.59. The number of rotatable bonds is 7. The molecule has 0 aliphatic rings. The highest BCUT2D eigenvalue weighted by molar-refractivity contribution is 9.10. The zero-order valence-corrected chi connectivity index (χ0v) is 18.7. The molecule has 0 spiro atoms. The third kappa shape index (κ3) is 4.66. The van der Waals surface area contributed by atoms with Crippen molar-refractivity contribution in [2.24, 2.45) is 0 Å². The highest BCUT2D eigenvalue weighted by Gasteiger charge is 2.15. The molecule has 30 heavy (non-hydrogen) atoms. The summed E-state index contributed by atoms with van der Waals surface area (Å²) in [5.41, 5.74) is 3.54. The number of benzene rings is 3. The second-order valence-electron chi connectivity index (χ2n) is 6.56. The molecule has 150 valence electrons. The Hall–Kier alpha value is -2.83. The Bertz CT molecular complexity index is 1140. The normalized spacial score (nSPS) is 10.7. The molecule has 0 unspecified atom stereocenters. The predicted octanol–water partition coefficient (Wildman–Crippen LogP) is 6.29. The molecule has 0 saturated heterocycles. The standard InChI is InChI=1S/C24H19BrN2O2S/c1-29-21-13-11-20(12-14-21)27-15-22(17-7-9-19(25)10-8-17)26-24(27)30-16-23(28)18-5-3-2-4-6-18/h2-15H,16H2,1H3.